The quantitative estimate of drug-likeness (QED) is 0.433. The van der Waals surface area contributed by atoms with Crippen LogP contribution in [0.1, 0.15) is 95.4 Å². The molecule has 0 aromatic heterocycles. The van der Waals surface area contributed by atoms with E-state index in [9.17, 15) is 0 Å². The molecule has 0 amide bonds. The fourth-order valence-corrected chi connectivity index (χ4v) is 3.40. The Morgan fingerprint density at radius 2 is 0.882 bits per heavy atom. The van der Waals surface area contributed by atoms with Crippen molar-refractivity contribution in [3.05, 3.63) is 0 Å². The molecule has 1 aliphatic carbocycles. The van der Waals surface area contributed by atoms with Crippen LogP contribution in [0.15, 0.2) is 0 Å². The van der Waals surface area contributed by atoms with Gasteiger partial charge in [0.2, 0.25) is 0 Å². The Hall–Kier alpha value is 0. The molecule has 0 radical (unpaired) electrons. The maximum atomic E-state index is 2.41. The molecule has 0 aromatic carbocycles. The summed E-state index contributed by atoms with van der Waals surface area (Å²) < 4.78 is 0. The summed E-state index contributed by atoms with van der Waals surface area (Å²) >= 11 is 0. The molecule has 0 atom stereocenters. The average Bonchev–Trinajstić information content (AvgIpc) is 2.21. The molecule has 0 heterocycles. The van der Waals surface area contributed by atoms with Crippen LogP contribution in [0.25, 0.3) is 0 Å². The van der Waals surface area contributed by atoms with Gasteiger partial charge in [0.25, 0.3) is 0 Å². The van der Waals surface area contributed by atoms with Crippen LogP contribution in [0.2, 0.25) is 0 Å². The average molecular weight is 245 g/mol. The van der Waals surface area contributed by atoms with E-state index in [1.54, 1.807) is 0 Å². The Kier molecular flexibility index (Phi) is 14.5. The van der Waals surface area contributed by atoms with Crippen LogP contribution in [-0.2, 0) is 0 Å². The lowest BCUT2D eigenvalue weighted by atomic mass is 9.62. The molecule has 0 N–H and O–H groups in total. The van der Waals surface area contributed by atoms with Crippen LogP contribution >= 0.6 is 0 Å². The predicted octanol–water partition coefficient (Wildman–Crippen LogP) is 6.94. The molecule has 1 aliphatic rings. The maximum Gasteiger partial charge on any atom is -0.0347 e. The van der Waals surface area contributed by atoms with Crippen molar-refractivity contribution in [3.8, 4) is 0 Å². The third-order valence-corrected chi connectivity index (χ3v) is 2.76. The first-order chi connectivity index (χ1) is 7.81. The lowest BCUT2D eigenvalue weighted by molar-refractivity contribution is 0.0754. The van der Waals surface area contributed by atoms with E-state index in [-0.39, 0.29) is 0 Å². The summed E-state index contributed by atoms with van der Waals surface area (Å²) in [6.07, 6.45) is 4.22. The van der Waals surface area contributed by atoms with E-state index in [0.29, 0.717) is 10.8 Å². The highest BCUT2D eigenvalue weighted by molar-refractivity contribution is 4.87. The molecule has 0 aromatic rings. The summed E-state index contributed by atoms with van der Waals surface area (Å²) in [4.78, 5) is 0. The molecule has 0 heteroatoms. The smallest absolute Gasteiger partial charge is 0.0347 e. The van der Waals surface area contributed by atoms with Crippen molar-refractivity contribution in [1.29, 1.82) is 0 Å². The van der Waals surface area contributed by atoms with Gasteiger partial charge < -0.3 is 0 Å². The minimum absolute atomic E-state index is 0.584. The van der Waals surface area contributed by atoms with Gasteiger partial charge in [-0.05, 0) is 36.0 Å². The molecular weight excluding hydrogens is 204 g/mol. The molecule has 0 bridgehead atoms. The molecule has 0 nitrogen and oxygen atoms in total. The lowest BCUT2D eigenvalue weighted by Crippen LogP contribution is -2.32. The van der Waals surface area contributed by atoms with Gasteiger partial charge in [-0.1, -0.05) is 76.2 Å². The second kappa shape index (κ2) is 11.1. The third kappa shape index (κ3) is 12.2. The second-order valence-electron chi connectivity index (χ2n) is 6.02. The Bertz CT molecular complexity index is 126. The number of rotatable bonds is 0. The highest BCUT2D eigenvalue weighted by Gasteiger charge is 2.36. The van der Waals surface area contributed by atoms with Gasteiger partial charge in [-0.15, -0.1) is 0 Å². The Labute approximate surface area is 113 Å². The van der Waals surface area contributed by atoms with Crippen molar-refractivity contribution in [2.75, 3.05) is 0 Å². The fourth-order valence-electron chi connectivity index (χ4n) is 3.40. The molecule has 0 unspecified atom stereocenters. The number of hydrogen-bond acceptors (Lipinski definition) is 0. The molecular formula is C17H40. The first kappa shape index (κ1) is 22.2. The molecule has 108 valence electrons. The van der Waals surface area contributed by atoms with Gasteiger partial charge in [0.05, 0.1) is 0 Å². The van der Waals surface area contributed by atoms with E-state index >= 15 is 0 Å². The molecule has 1 fully saturated rings. The second-order valence-corrected chi connectivity index (χ2v) is 6.02. The van der Waals surface area contributed by atoms with Crippen molar-refractivity contribution in [2.45, 2.75) is 95.4 Å². The predicted molar refractivity (Wildman–Crippen MR) is 84.6 cm³/mol. The van der Waals surface area contributed by atoms with E-state index in [2.05, 4.69) is 34.6 Å². The molecule has 1 saturated carbocycles. The Morgan fingerprint density at radius 3 is 1.06 bits per heavy atom. The van der Waals surface area contributed by atoms with Gasteiger partial charge in [-0.2, -0.15) is 0 Å². The van der Waals surface area contributed by atoms with Crippen molar-refractivity contribution in [2.24, 2.45) is 16.7 Å². The fraction of sp³-hybridized carbons (Fsp3) is 1.00. The summed E-state index contributed by atoms with van der Waals surface area (Å²) in [6, 6.07) is 0. The van der Waals surface area contributed by atoms with Crippen LogP contribution in [-0.4, -0.2) is 0 Å². The molecule has 0 aliphatic heterocycles. The van der Waals surface area contributed by atoms with Crippen LogP contribution in [0, 0.1) is 16.7 Å². The zero-order valence-corrected chi connectivity index (χ0v) is 14.7. The van der Waals surface area contributed by atoms with E-state index in [1.165, 1.54) is 19.3 Å². The molecule has 0 saturated heterocycles. The minimum atomic E-state index is 0.584. The van der Waals surface area contributed by atoms with Gasteiger partial charge in [-0.3, -0.25) is 0 Å². The van der Waals surface area contributed by atoms with Crippen LogP contribution in [0.3, 0.4) is 0 Å². The summed E-state index contributed by atoms with van der Waals surface area (Å²) in [7, 11) is 0. The lowest BCUT2D eigenvalue weighted by Gasteiger charge is -2.44. The Balaban J connectivity index is -0.000000285. The molecule has 0 spiro atoms. The highest BCUT2D eigenvalue weighted by atomic mass is 14.4. The summed E-state index contributed by atoms with van der Waals surface area (Å²) in [5, 5.41) is 0. The highest BCUT2D eigenvalue weighted by Crippen LogP contribution is 2.47. The first-order valence-electron chi connectivity index (χ1n) is 7.81. The number of hydrogen-bond donors (Lipinski definition) is 0. The normalized spacial score (nSPS) is 20.6. The van der Waals surface area contributed by atoms with Gasteiger partial charge >= 0.3 is 0 Å². The van der Waals surface area contributed by atoms with Gasteiger partial charge in [0.1, 0.15) is 0 Å². The monoisotopic (exact) mass is 244 g/mol. The summed E-state index contributed by atoms with van der Waals surface area (Å²) in [5.41, 5.74) is 1.17. The maximum absolute atomic E-state index is 2.41. The zero-order valence-electron chi connectivity index (χ0n) is 14.7. The Morgan fingerprint density at radius 1 is 0.647 bits per heavy atom. The van der Waals surface area contributed by atoms with Crippen molar-refractivity contribution in [1.82, 2.24) is 0 Å². The zero-order chi connectivity index (χ0) is 14.7. The van der Waals surface area contributed by atoms with Crippen molar-refractivity contribution >= 4 is 0 Å². The first-order valence-corrected chi connectivity index (χ1v) is 7.81. The van der Waals surface area contributed by atoms with E-state index in [1.807, 2.05) is 41.5 Å². The largest absolute Gasteiger partial charge is 0.0683 e. The van der Waals surface area contributed by atoms with Crippen LogP contribution in [0.5, 0.6) is 0 Å². The van der Waals surface area contributed by atoms with Gasteiger partial charge in [0, 0.05) is 0 Å². The van der Waals surface area contributed by atoms with Crippen LogP contribution < -0.4 is 0 Å². The van der Waals surface area contributed by atoms with Crippen molar-refractivity contribution in [3.63, 3.8) is 0 Å². The van der Waals surface area contributed by atoms with E-state index < -0.39 is 0 Å². The van der Waals surface area contributed by atoms with Gasteiger partial charge in [0.15, 0.2) is 0 Å². The molecule has 1 rings (SSSR count). The SMILES string of the molecule is CC.CC.CC.CC1CC(C)(C)CC(C)(C)C1. The summed E-state index contributed by atoms with van der Waals surface area (Å²) in [6.45, 7) is 24.0. The topological polar surface area (TPSA) is 0 Å². The van der Waals surface area contributed by atoms with Crippen LogP contribution in [0.4, 0.5) is 0 Å². The third-order valence-electron chi connectivity index (χ3n) is 2.76. The van der Waals surface area contributed by atoms with Crippen molar-refractivity contribution < 1.29 is 0 Å². The van der Waals surface area contributed by atoms with E-state index in [0.717, 1.165) is 5.92 Å². The standard InChI is InChI=1S/C11H22.3C2H6/c1-9-6-10(2,3)8-11(4,5)7-9;3*1-2/h9H,6-8H2,1-5H3;3*1-2H3. The van der Waals surface area contributed by atoms with Gasteiger partial charge in [-0.25, -0.2) is 0 Å². The molecule has 17 heavy (non-hydrogen) atoms. The van der Waals surface area contributed by atoms with E-state index in [4.69, 9.17) is 0 Å². The summed E-state index contributed by atoms with van der Waals surface area (Å²) in [5.74, 6) is 0.925. The minimum Gasteiger partial charge on any atom is -0.0683 e.